The Morgan fingerprint density at radius 3 is 0.721 bits per heavy atom. The van der Waals surface area contributed by atoms with Crippen molar-refractivity contribution in [3.8, 4) is 0 Å². The number of amides is 2. The summed E-state index contributed by atoms with van der Waals surface area (Å²) in [7, 11) is 0. The third-order valence-corrected chi connectivity index (χ3v) is 27.4. The molecule has 772 valence electrons. The second-order valence-electron chi connectivity index (χ2n) is 40.4. The Bertz CT molecular complexity index is 2140. The maximum atomic E-state index is 12.5. The summed E-state index contributed by atoms with van der Waals surface area (Å²) in [6.07, 6.45) is 120. The summed E-state index contributed by atoms with van der Waals surface area (Å²) in [6, 6.07) is -1.59. The smallest absolute Gasteiger partial charge is 0.334 e. The molecule has 0 rings (SSSR count). The Hall–Kier alpha value is -2.13. The molecule has 13 heteroatoms. The lowest BCUT2D eigenvalue weighted by atomic mass is 9.99. The molecule has 0 fully saturated rings. The summed E-state index contributed by atoms with van der Waals surface area (Å²) in [4.78, 5) is 36.7. The van der Waals surface area contributed by atoms with Crippen molar-refractivity contribution < 1.29 is 54.9 Å². The molecule has 7 unspecified atom stereocenters. The maximum Gasteiger partial charge on any atom is 0.334 e. The number of hydrogen-bond donors (Lipinski definition) is 9. The summed E-state index contributed by atoms with van der Waals surface area (Å²) in [5.41, 5.74) is 0. The summed E-state index contributed by atoms with van der Waals surface area (Å²) < 4.78 is 5.22. The lowest BCUT2D eigenvalue weighted by Crippen LogP contribution is -2.53. The fourth-order valence-corrected chi connectivity index (χ4v) is 18.3. The molecule has 129 heavy (non-hydrogen) atoms. The molecule has 0 aliphatic carbocycles. The minimum atomic E-state index is -1.25. The van der Waals surface area contributed by atoms with E-state index in [1.165, 1.54) is 494 Å². The van der Waals surface area contributed by atoms with Gasteiger partial charge in [0.2, 0.25) is 11.8 Å². The van der Waals surface area contributed by atoms with Crippen LogP contribution in [0.1, 0.15) is 652 Å². The molecule has 2 amide bonds. The summed E-state index contributed by atoms with van der Waals surface area (Å²) in [5, 5.41) is 76.5. The molecule has 0 spiro atoms. The van der Waals surface area contributed by atoms with Crippen molar-refractivity contribution in [1.29, 1.82) is 0 Å². The van der Waals surface area contributed by atoms with Crippen LogP contribution in [-0.2, 0) is 19.1 Å². The van der Waals surface area contributed by atoms with Gasteiger partial charge in [-0.3, -0.25) is 9.59 Å². The maximum absolute atomic E-state index is 12.5. The molecule has 0 aromatic rings. The van der Waals surface area contributed by atoms with Crippen LogP contribution < -0.4 is 10.6 Å². The van der Waals surface area contributed by atoms with E-state index in [0.717, 1.165) is 89.9 Å². The Labute approximate surface area is 804 Å². The number of ether oxygens (including phenoxy) is 1. The van der Waals surface area contributed by atoms with Crippen molar-refractivity contribution in [2.45, 2.75) is 694 Å². The van der Waals surface area contributed by atoms with E-state index in [1.54, 1.807) is 6.08 Å². The molecule has 0 saturated heterocycles. The third kappa shape index (κ3) is 106. The number of hydrogen-bond acceptors (Lipinski definition) is 11. The van der Waals surface area contributed by atoms with E-state index in [2.05, 4.69) is 52.2 Å². The van der Waals surface area contributed by atoms with Crippen LogP contribution in [-0.4, -0.2) is 116 Å². The topological polar surface area (TPSA) is 226 Å². The molecule has 0 aromatic heterocycles. The number of allylic oxidation sites excluding steroid dienone is 1. The average molecular weight is 1830 g/mol. The zero-order valence-electron chi connectivity index (χ0n) is 87.8. The van der Waals surface area contributed by atoms with Crippen molar-refractivity contribution in [3.05, 3.63) is 12.2 Å². The standard InChI is InChI=1S/C42H85NO5.C42H83NO3.C32H64O3/c1-3-5-7-9-11-13-15-17-18-19-20-21-22-23-24-26-28-30-32-34-36-40(46)42(48)43-38(37-44)41(47)39(45)35-33-31-29-27-25-16-14-12-10-8-6-4-2;1-3-5-7-9-11-13-15-17-18-19-20-21-22-23-24-26-28-30-32-34-36-38-42(46)43-40(39-44)41(45)37-35-33-31-29-27-25-16-14-12-10-8-6-4-2;1-3-5-7-9-11-12-13-14-15-16-17-18-19-20-21-22-23-24-25-27-29-31(33)32(34)35-30-28-26-10-8-6-4-2/h38-41,44-47H,3-37H2,1-2H3,(H,43,48);35,37,40-41,44-45H,3-34,36,38-39H2,1-2H3,(H,43,46);31,33H,3-30H2,1-2H3/b;37-35+;. The molecule has 0 aliphatic rings. The molecule has 0 aromatic carbocycles. The lowest BCUT2D eigenvalue weighted by molar-refractivity contribution is -0.154. The second-order valence-corrected chi connectivity index (χ2v) is 40.4. The van der Waals surface area contributed by atoms with Gasteiger partial charge in [-0.1, -0.05) is 612 Å². The van der Waals surface area contributed by atoms with Crippen LogP contribution in [0.25, 0.3) is 0 Å². The van der Waals surface area contributed by atoms with Crippen molar-refractivity contribution >= 4 is 17.8 Å². The minimum absolute atomic E-state index is 0.0605. The fourth-order valence-electron chi connectivity index (χ4n) is 18.3. The van der Waals surface area contributed by atoms with E-state index in [9.17, 15) is 50.1 Å². The van der Waals surface area contributed by atoms with Crippen molar-refractivity contribution in [2.24, 2.45) is 0 Å². The van der Waals surface area contributed by atoms with Gasteiger partial charge < -0.3 is 51.1 Å². The number of esters is 1. The van der Waals surface area contributed by atoms with Crippen LogP contribution >= 0.6 is 0 Å². The lowest BCUT2D eigenvalue weighted by Gasteiger charge is -2.27. The number of rotatable bonds is 106. The molecular weight excluding hydrogens is 1600 g/mol. The number of unbranched alkanes of at least 4 members (excludes halogenated alkanes) is 85. The highest BCUT2D eigenvalue weighted by atomic mass is 16.5. The van der Waals surface area contributed by atoms with E-state index >= 15 is 0 Å². The molecule has 13 nitrogen and oxygen atoms in total. The zero-order chi connectivity index (χ0) is 94.6. The number of aliphatic hydroxyl groups is 7. The Morgan fingerprint density at radius 1 is 0.248 bits per heavy atom. The van der Waals surface area contributed by atoms with Crippen LogP contribution in [0.4, 0.5) is 0 Å². The zero-order valence-corrected chi connectivity index (χ0v) is 87.8. The van der Waals surface area contributed by atoms with Crippen molar-refractivity contribution in [2.75, 3.05) is 19.8 Å². The van der Waals surface area contributed by atoms with E-state index in [-0.39, 0.29) is 12.5 Å². The van der Waals surface area contributed by atoms with Crippen molar-refractivity contribution in [1.82, 2.24) is 10.6 Å². The van der Waals surface area contributed by atoms with Gasteiger partial charge in [-0.2, -0.15) is 0 Å². The predicted octanol–water partition coefficient (Wildman–Crippen LogP) is 34.0. The Kier molecular flexibility index (Phi) is 116. The van der Waals surface area contributed by atoms with Crippen LogP contribution in [0, 0.1) is 0 Å². The van der Waals surface area contributed by atoms with Gasteiger partial charge in [-0.15, -0.1) is 0 Å². The predicted molar refractivity (Wildman–Crippen MR) is 561 cm³/mol. The first kappa shape index (κ1) is 131. The minimum Gasteiger partial charge on any atom is -0.464 e. The average Bonchev–Trinajstić information content (AvgIpc) is 0.882. The molecule has 0 radical (unpaired) electrons. The molecule has 9 N–H and O–H groups in total. The van der Waals surface area contributed by atoms with Gasteiger partial charge in [-0.05, 0) is 44.9 Å². The molecule has 0 heterocycles. The summed E-state index contributed by atoms with van der Waals surface area (Å²) in [5.74, 6) is -1.06. The number of aliphatic hydroxyl groups excluding tert-OH is 7. The molecule has 7 atom stereocenters. The molecular formula is C116H232N2O11. The first-order valence-electron chi connectivity index (χ1n) is 58.4. The molecule has 0 bridgehead atoms. The van der Waals surface area contributed by atoms with Gasteiger partial charge in [0.1, 0.15) is 12.2 Å². The summed E-state index contributed by atoms with van der Waals surface area (Å²) in [6.45, 7) is 13.3. The van der Waals surface area contributed by atoms with E-state index < -0.39 is 61.1 Å². The number of carbonyl (C=O) groups is 3. The van der Waals surface area contributed by atoms with Crippen molar-refractivity contribution in [3.63, 3.8) is 0 Å². The fraction of sp³-hybridized carbons (Fsp3) is 0.957. The largest absolute Gasteiger partial charge is 0.464 e. The Balaban J connectivity index is -0.00000187. The number of nitrogens with one attached hydrogen (secondary N) is 2. The van der Waals surface area contributed by atoms with E-state index in [4.69, 9.17) is 4.74 Å². The van der Waals surface area contributed by atoms with Gasteiger partial charge >= 0.3 is 5.97 Å². The molecule has 0 saturated carbocycles. The SMILES string of the molecule is CCCCCCCCCCCCC/C=C/C(O)C(CO)NC(=O)CCCCCCCCCCCCCCCCCCCCCCC.CCCCCCCCCCCCCCCCCCCCCCC(O)C(=O)NC(CO)C(O)C(O)CCCCCCCCCCCCCC.CCCCCCCCCCCCCCCCCCCCCCC(O)C(=O)OCCCCCCCC. The van der Waals surface area contributed by atoms with Gasteiger partial charge in [0.25, 0.3) is 0 Å². The highest BCUT2D eigenvalue weighted by Crippen LogP contribution is 2.24. The highest BCUT2D eigenvalue weighted by molar-refractivity contribution is 5.80. The second kappa shape index (κ2) is 115. The van der Waals surface area contributed by atoms with E-state index in [1.807, 2.05) is 6.08 Å². The normalized spacial score (nSPS) is 13.2. The van der Waals surface area contributed by atoms with Gasteiger partial charge in [-0.25, -0.2) is 4.79 Å². The first-order valence-corrected chi connectivity index (χ1v) is 58.4. The van der Waals surface area contributed by atoms with Crippen LogP contribution in [0.2, 0.25) is 0 Å². The van der Waals surface area contributed by atoms with Crippen LogP contribution in [0.15, 0.2) is 12.2 Å². The van der Waals surface area contributed by atoms with E-state index in [0.29, 0.717) is 32.3 Å². The van der Waals surface area contributed by atoms with Crippen LogP contribution in [0.5, 0.6) is 0 Å². The first-order chi connectivity index (χ1) is 63.3. The number of carbonyl (C=O) groups excluding carboxylic acids is 3. The van der Waals surface area contributed by atoms with Gasteiger partial charge in [0.15, 0.2) is 6.10 Å². The Morgan fingerprint density at radius 2 is 0.465 bits per heavy atom. The molecule has 0 aliphatic heterocycles. The van der Waals surface area contributed by atoms with Gasteiger partial charge in [0, 0.05) is 6.42 Å². The monoisotopic (exact) mass is 1830 g/mol. The van der Waals surface area contributed by atoms with Crippen LogP contribution in [0.3, 0.4) is 0 Å². The third-order valence-electron chi connectivity index (χ3n) is 27.4. The highest BCUT2D eigenvalue weighted by Gasteiger charge is 2.29. The van der Waals surface area contributed by atoms with Gasteiger partial charge in [0.05, 0.1) is 44.1 Å². The summed E-state index contributed by atoms with van der Waals surface area (Å²) >= 11 is 0. The quantitative estimate of drug-likeness (QED) is 0.0158.